The quantitative estimate of drug-likeness (QED) is 0.845. The first-order chi connectivity index (χ1) is 10.7. The Morgan fingerprint density at radius 1 is 1.43 bits per heavy atom. The maximum absolute atomic E-state index is 12.3. The Bertz CT molecular complexity index is 648. The number of pyridine rings is 1. The summed E-state index contributed by atoms with van der Waals surface area (Å²) in [6.45, 7) is -1.48. The molecule has 1 atom stereocenters. The van der Waals surface area contributed by atoms with Crippen LogP contribution in [0.25, 0.3) is 0 Å². The lowest BCUT2D eigenvalue weighted by molar-refractivity contribution is -0.157. The van der Waals surface area contributed by atoms with Crippen molar-refractivity contribution in [2.75, 3.05) is 13.1 Å². The summed E-state index contributed by atoms with van der Waals surface area (Å²) in [5.41, 5.74) is -0.395. The molecule has 2 N–H and O–H groups in total. The Kier molecular flexibility index (Phi) is 4.52. The number of amides is 2. The number of rotatable bonds is 4. The Morgan fingerprint density at radius 3 is 2.74 bits per heavy atom. The standard InChI is InChI=1S/C13H12F3N3O4/c14-13(15,16)6-19-4-2-8(11(19)21)18-10(20)7-1-3-17-9(5-7)12(22)23/h1,3,5,8H,2,4,6H2,(H,18,20)(H,22,23). The molecule has 2 rings (SSSR count). The molecule has 0 aromatic carbocycles. The van der Waals surface area contributed by atoms with Gasteiger partial charge in [0, 0.05) is 18.3 Å². The number of carbonyl (C=O) groups excluding carboxylic acids is 2. The third kappa shape index (κ3) is 4.18. The number of aromatic carboxylic acids is 1. The molecular weight excluding hydrogens is 319 g/mol. The van der Waals surface area contributed by atoms with Gasteiger partial charge in [0.1, 0.15) is 18.3 Å². The summed E-state index contributed by atoms with van der Waals surface area (Å²) in [6, 6.07) is 1.20. The molecule has 23 heavy (non-hydrogen) atoms. The van der Waals surface area contributed by atoms with Crippen LogP contribution in [-0.4, -0.2) is 58.1 Å². The number of carboxylic acid groups (broad SMARTS) is 1. The SMILES string of the molecule is O=C(NC1CCN(CC(F)(F)F)C1=O)c1ccnc(C(=O)O)c1. The molecule has 124 valence electrons. The average Bonchev–Trinajstić information content (AvgIpc) is 2.78. The molecule has 2 amide bonds. The lowest BCUT2D eigenvalue weighted by Gasteiger charge is -2.18. The second-order valence-electron chi connectivity index (χ2n) is 4.92. The molecule has 1 unspecified atom stereocenters. The van der Waals surface area contributed by atoms with Crippen LogP contribution in [-0.2, 0) is 4.79 Å². The van der Waals surface area contributed by atoms with E-state index in [1.807, 2.05) is 0 Å². The summed E-state index contributed by atoms with van der Waals surface area (Å²) in [5.74, 6) is -2.89. The molecular formula is C13H12F3N3O4. The summed E-state index contributed by atoms with van der Waals surface area (Å²) in [4.78, 5) is 38.8. The summed E-state index contributed by atoms with van der Waals surface area (Å²) in [6.07, 6.45) is -3.33. The van der Waals surface area contributed by atoms with E-state index >= 15 is 0 Å². The van der Waals surface area contributed by atoms with E-state index in [2.05, 4.69) is 10.3 Å². The van der Waals surface area contributed by atoms with Gasteiger partial charge in [-0.1, -0.05) is 0 Å². The van der Waals surface area contributed by atoms with Crippen LogP contribution in [0.4, 0.5) is 13.2 Å². The smallest absolute Gasteiger partial charge is 0.406 e. The van der Waals surface area contributed by atoms with Gasteiger partial charge in [0.25, 0.3) is 5.91 Å². The number of halogens is 3. The van der Waals surface area contributed by atoms with E-state index < -0.39 is 36.5 Å². The van der Waals surface area contributed by atoms with Gasteiger partial charge in [-0.05, 0) is 18.6 Å². The van der Waals surface area contributed by atoms with Crippen molar-refractivity contribution >= 4 is 17.8 Å². The molecule has 1 saturated heterocycles. The fourth-order valence-electron chi connectivity index (χ4n) is 2.18. The predicted octanol–water partition coefficient (Wildman–Crippen LogP) is 0.673. The molecule has 0 spiro atoms. The summed E-state index contributed by atoms with van der Waals surface area (Å²) in [5, 5.41) is 11.1. The average molecular weight is 331 g/mol. The largest absolute Gasteiger partial charge is 0.477 e. The van der Waals surface area contributed by atoms with Crippen LogP contribution in [0.5, 0.6) is 0 Å². The van der Waals surface area contributed by atoms with Crippen LogP contribution in [0.15, 0.2) is 18.3 Å². The first kappa shape index (κ1) is 16.7. The van der Waals surface area contributed by atoms with Crippen molar-refractivity contribution in [2.45, 2.75) is 18.6 Å². The third-order valence-electron chi connectivity index (χ3n) is 3.21. The molecule has 1 aromatic rings. The van der Waals surface area contributed by atoms with Crippen molar-refractivity contribution in [3.63, 3.8) is 0 Å². The predicted molar refractivity (Wildman–Crippen MR) is 69.7 cm³/mol. The first-order valence-corrected chi connectivity index (χ1v) is 6.53. The number of likely N-dealkylation sites (tertiary alicyclic amines) is 1. The van der Waals surface area contributed by atoms with E-state index in [9.17, 15) is 27.6 Å². The summed E-state index contributed by atoms with van der Waals surface area (Å²) < 4.78 is 36.9. The Morgan fingerprint density at radius 2 is 2.13 bits per heavy atom. The fourth-order valence-corrected chi connectivity index (χ4v) is 2.18. The minimum atomic E-state index is -4.50. The lowest BCUT2D eigenvalue weighted by Crippen LogP contribution is -2.43. The van der Waals surface area contributed by atoms with Crippen LogP contribution < -0.4 is 5.32 Å². The number of nitrogens with zero attached hydrogens (tertiary/aromatic N) is 2. The molecule has 1 fully saturated rings. The molecule has 0 bridgehead atoms. The van der Waals surface area contributed by atoms with Crippen molar-refractivity contribution in [3.05, 3.63) is 29.6 Å². The van der Waals surface area contributed by atoms with Crippen LogP contribution in [0.3, 0.4) is 0 Å². The molecule has 7 nitrogen and oxygen atoms in total. The Balaban J connectivity index is 2.02. The summed E-state index contributed by atoms with van der Waals surface area (Å²) in [7, 11) is 0. The number of aromatic nitrogens is 1. The zero-order valence-electron chi connectivity index (χ0n) is 11.6. The van der Waals surface area contributed by atoms with Gasteiger partial charge in [-0.25, -0.2) is 9.78 Å². The highest BCUT2D eigenvalue weighted by molar-refractivity contribution is 5.99. The van der Waals surface area contributed by atoms with Gasteiger partial charge in [-0.15, -0.1) is 0 Å². The molecule has 0 aliphatic carbocycles. The Hall–Kier alpha value is -2.65. The minimum absolute atomic E-state index is 0.0422. The summed E-state index contributed by atoms with van der Waals surface area (Å²) >= 11 is 0. The number of nitrogens with one attached hydrogen (secondary N) is 1. The topological polar surface area (TPSA) is 99.6 Å². The van der Waals surface area contributed by atoms with Crippen LogP contribution in [0.2, 0.25) is 0 Å². The highest BCUT2D eigenvalue weighted by Crippen LogP contribution is 2.21. The van der Waals surface area contributed by atoms with Crippen molar-refractivity contribution in [1.29, 1.82) is 0 Å². The molecule has 1 aliphatic heterocycles. The van der Waals surface area contributed by atoms with Gasteiger partial charge < -0.3 is 15.3 Å². The molecule has 1 aromatic heterocycles. The first-order valence-electron chi connectivity index (χ1n) is 6.53. The third-order valence-corrected chi connectivity index (χ3v) is 3.21. The monoisotopic (exact) mass is 331 g/mol. The van der Waals surface area contributed by atoms with Gasteiger partial charge in [-0.2, -0.15) is 13.2 Å². The van der Waals surface area contributed by atoms with Gasteiger partial charge in [0.2, 0.25) is 5.91 Å². The number of carboxylic acids is 1. The highest BCUT2D eigenvalue weighted by atomic mass is 19.4. The van der Waals surface area contributed by atoms with Gasteiger partial charge >= 0.3 is 12.1 Å². The molecule has 2 heterocycles. The second kappa shape index (κ2) is 6.23. The van der Waals surface area contributed by atoms with E-state index in [1.165, 1.54) is 6.07 Å². The maximum Gasteiger partial charge on any atom is 0.406 e. The molecule has 0 radical (unpaired) electrons. The van der Waals surface area contributed by atoms with E-state index in [4.69, 9.17) is 5.11 Å². The number of carbonyl (C=O) groups is 3. The highest BCUT2D eigenvalue weighted by Gasteiger charge is 2.39. The molecule has 1 aliphatic rings. The second-order valence-corrected chi connectivity index (χ2v) is 4.92. The van der Waals surface area contributed by atoms with E-state index in [1.54, 1.807) is 0 Å². The zero-order chi connectivity index (χ0) is 17.2. The Labute approximate surface area is 128 Å². The van der Waals surface area contributed by atoms with Crippen molar-refractivity contribution < 1.29 is 32.7 Å². The van der Waals surface area contributed by atoms with E-state index in [0.717, 1.165) is 12.3 Å². The normalized spacial score (nSPS) is 18.1. The molecule has 10 heteroatoms. The van der Waals surface area contributed by atoms with Crippen molar-refractivity contribution in [3.8, 4) is 0 Å². The van der Waals surface area contributed by atoms with Gasteiger partial charge in [-0.3, -0.25) is 9.59 Å². The number of hydrogen-bond donors (Lipinski definition) is 2. The number of alkyl halides is 3. The lowest BCUT2D eigenvalue weighted by atomic mass is 10.2. The van der Waals surface area contributed by atoms with E-state index in [0.29, 0.717) is 4.90 Å². The van der Waals surface area contributed by atoms with Gasteiger partial charge in [0.05, 0.1) is 0 Å². The van der Waals surface area contributed by atoms with Crippen molar-refractivity contribution in [1.82, 2.24) is 15.2 Å². The van der Waals surface area contributed by atoms with Crippen molar-refractivity contribution in [2.24, 2.45) is 0 Å². The minimum Gasteiger partial charge on any atom is -0.477 e. The fraction of sp³-hybridized carbons (Fsp3) is 0.385. The van der Waals surface area contributed by atoms with Crippen LogP contribution in [0, 0.1) is 0 Å². The van der Waals surface area contributed by atoms with Gasteiger partial charge in [0.15, 0.2) is 0 Å². The van der Waals surface area contributed by atoms with E-state index in [-0.39, 0.29) is 24.2 Å². The maximum atomic E-state index is 12.3. The van der Waals surface area contributed by atoms with Crippen LogP contribution in [0.1, 0.15) is 27.3 Å². The van der Waals surface area contributed by atoms with Crippen LogP contribution >= 0.6 is 0 Å². The number of hydrogen-bond acceptors (Lipinski definition) is 4. The molecule has 0 saturated carbocycles. The zero-order valence-corrected chi connectivity index (χ0v) is 11.6.